The van der Waals surface area contributed by atoms with Crippen molar-refractivity contribution >= 4 is 17.2 Å². The summed E-state index contributed by atoms with van der Waals surface area (Å²) in [7, 11) is 0. The summed E-state index contributed by atoms with van der Waals surface area (Å²) in [5, 5.41) is 16.6. The summed E-state index contributed by atoms with van der Waals surface area (Å²) in [6.07, 6.45) is 2.78. The summed E-state index contributed by atoms with van der Waals surface area (Å²) in [5.74, 6) is -0.0598. The van der Waals surface area contributed by atoms with Crippen LogP contribution in [0.2, 0.25) is 0 Å². The fourth-order valence-electron chi connectivity index (χ4n) is 1.27. The van der Waals surface area contributed by atoms with Crippen LogP contribution in [0.4, 0.5) is 0 Å². The third-order valence-corrected chi connectivity index (χ3v) is 3.03. The van der Waals surface area contributed by atoms with Crippen LogP contribution in [0, 0.1) is 0 Å². The Bertz CT molecular complexity index is 344. The molecule has 16 heavy (non-hydrogen) atoms. The van der Waals surface area contributed by atoms with E-state index in [0.29, 0.717) is 12.8 Å². The topological polar surface area (TPSA) is 49.3 Å². The maximum atomic E-state index is 11.4. The number of hydrogen-bond donors (Lipinski definition) is 2. The molecule has 0 aromatic carbocycles. The zero-order valence-corrected chi connectivity index (χ0v) is 10.2. The molecule has 0 fully saturated rings. The fourth-order valence-corrected chi connectivity index (χ4v) is 2.05. The lowest BCUT2D eigenvalue weighted by molar-refractivity contribution is -0.122. The minimum Gasteiger partial charge on any atom is -0.384 e. The van der Waals surface area contributed by atoms with E-state index in [1.165, 1.54) is 11.3 Å². The number of hydrogen-bond acceptors (Lipinski definition) is 3. The molecule has 0 bridgehead atoms. The summed E-state index contributed by atoms with van der Waals surface area (Å²) in [4.78, 5) is 11.4. The third kappa shape index (κ3) is 3.79. The lowest BCUT2D eigenvalue weighted by atomic mass is 9.99. The van der Waals surface area contributed by atoms with E-state index in [-0.39, 0.29) is 12.5 Å². The Hall–Kier alpha value is -1.13. The van der Waals surface area contributed by atoms with Gasteiger partial charge in [0.2, 0.25) is 5.91 Å². The van der Waals surface area contributed by atoms with Crippen LogP contribution in [0.5, 0.6) is 0 Å². The predicted octanol–water partition coefficient (Wildman–Crippen LogP) is 2.04. The maximum Gasteiger partial charge on any atom is 0.220 e. The predicted molar refractivity (Wildman–Crippen MR) is 66.3 cm³/mol. The first-order valence-electron chi connectivity index (χ1n) is 5.19. The molecule has 0 radical (unpaired) electrons. The first-order valence-corrected chi connectivity index (χ1v) is 6.13. The van der Waals surface area contributed by atoms with Crippen molar-refractivity contribution in [2.24, 2.45) is 0 Å². The van der Waals surface area contributed by atoms with E-state index >= 15 is 0 Å². The number of aliphatic hydroxyl groups is 1. The molecule has 1 atom stereocenters. The van der Waals surface area contributed by atoms with Gasteiger partial charge >= 0.3 is 0 Å². The van der Waals surface area contributed by atoms with Crippen molar-refractivity contribution in [1.82, 2.24) is 5.32 Å². The van der Waals surface area contributed by atoms with E-state index in [9.17, 15) is 9.90 Å². The zero-order chi connectivity index (χ0) is 12.0. The molecule has 88 valence electrons. The molecular formula is C12H17NO2S. The third-order valence-electron chi connectivity index (χ3n) is 2.35. The molecule has 0 aliphatic rings. The molecule has 4 heteroatoms. The number of carbonyl (C=O) groups excluding carboxylic acids is 1. The minimum atomic E-state index is -0.996. The van der Waals surface area contributed by atoms with Gasteiger partial charge in [0.15, 0.2) is 0 Å². The Balaban J connectivity index is 2.42. The van der Waals surface area contributed by atoms with Gasteiger partial charge in [0, 0.05) is 6.42 Å². The van der Waals surface area contributed by atoms with Crippen molar-refractivity contribution in [2.45, 2.75) is 25.4 Å². The van der Waals surface area contributed by atoms with Gasteiger partial charge in [-0.15, -0.1) is 6.58 Å². The lowest BCUT2D eigenvalue weighted by Crippen LogP contribution is -2.38. The highest BCUT2D eigenvalue weighted by Gasteiger charge is 2.23. The molecule has 1 rings (SSSR count). The van der Waals surface area contributed by atoms with E-state index in [1.807, 2.05) is 16.8 Å². The number of thiophene rings is 1. The van der Waals surface area contributed by atoms with E-state index in [0.717, 1.165) is 5.56 Å². The van der Waals surface area contributed by atoms with Crippen LogP contribution >= 0.6 is 11.3 Å². The van der Waals surface area contributed by atoms with E-state index in [2.05, 4.69) is 11.9 Å². The number of rotatable bonds is 6. The smallest absolute Gasteiger partial charge is 0.220 e. The molecule has 2 N–H and O–H groups in total. The highest BCUT2D eigenvalue weighted by Crippen LogP contribution is 2.21. The standard InChI is InChI=1S/C12H17NO2S/c1-3-4-5-11(14)13-9-12(2,15)10-6-7-16-8-10/h3,6-8,15H,1,4-5,9H2,2H3,(H,13,14). The average Bonchev–Trinajstić information content (AvgIpc) is 2.77. The van der Waals surface area contributed by atoms with Gasteiger partial charge in [-0.25, -0.2) is 0 Å². The number of carbonyl (C=O) groups is 1. The van der Waals surface area contributed by atoms with Gasteiger partial charge in [0.25, 0.3) is 0 Å². The first-order chi connectivity index (χ1) is 7.56. The lowest BCUT2D eigenvalue weighted by Gasteiger charge is -2.22. The second-order valence-corrected chi connectivity index (χ2v) is 4.67. The van der Waals surface area contributed by atoms with Crippen LogP contribution in [0.15, 0.2) is 29.5 Å². The van der Waals surface area contributed by atoms with Crippen molar-refractivity contribution in [3.63, 3.8) is 0 Å². The van der Waals surface area contributed by atoms with Gasteiger partial charge in [0.05, 0.1) is 6.54 Å². The highest BCUT2D eigenvalue weighted by molar-refractivity contribution is 7.08. The molecule has 0 saturated heterocycles. The molecular weight excluding hydrogens is 222 g/mol. The molecule has 3 nitrogen and oxygen atoms in total. The molecule has 1 amide bonds. The molecule has 1 aromatic heterocycles. The van der Waals surface area contributed by atoms with Crippen LogP contribution in [0.1, 0.15) is 25.3 Å². The molecule has 0 saturated carbocycles. The molecule has 0 spiro atoms. The Kier molecular flexibility index (Phi) is 4.71. The maximum absolute atomic E-state index is 11.4. The zero-order valence-electron chi connectivity index (χ0n) is 9.40. The van der Waals surface area contributed by atoms with Crippen LogP contribution in [0.25, 0.3) is 0 Å². The van der Waals surface area contributed by atoms with Crippen LogP contribution in [-0.4, -0.2) is 17.6 Å². The second kappa shape index (κ2) is 5.82. The van der Waals surface area contributed by atoms with Crippen molar-refractivity contribution in [1.29, 1.82) is 0 Å². The van der Waals surface area contributed by atoms with Crippen LogP contribution < -0.4 is 5.32 Å². The Morgan fingerprint density at radius 3 is 3.06 bits per heavy atom. The normalized spacial score (nSPS) is 14.1. The molecule has 1 aromatic rings. The monoisotopic (exact) mass is 239 g/mol. The van der Waals surface area contributed by atoms with E-state index in [1.54, 1.807) is 13.0 Å². The van der Waals surface area contributed by atoms with E-state index < -0.39 is 5.60 Å². The summed E-state index contributed by atoms with van der Waals surface area (Å²) in [6.45, 7) is 5.49. The first kappa shape index (κ1) is 12.9. The summed E-state index contributed by atoms with van der Waals surface area (Å²) < 4.78 is 0. The molecule has 0 aliphatic carbocycles. The average molecular weight is 239 g/mol. The number of allylic oxidation sites excluding steroid dienone is 1. The Labute approximate surface area is 99.8 Å². The minimum absolute atomic E-state index is 0.0598. The van der Waals surface area contributed by atoms with Crippen molar-refractivity contribution < 1.29 is 9.90 Å². The summed E-state index contributed by atoms with van der Waals surface area (Å²) in [6, 6.07) is 1.86. The Morgan fingerprint density at radius 2 is 2.50 bits per heavy atom. The van der Waals surface area contributed by atoms with Crippen LogP contribution in [-0.2, 0) is 10.4 Å². The van der Waals surface area contributed by atoms with Gasteiger partial charge in [-0.1, -0.05) is 6.08 Å². The van der Waals surface area contributed by atoms with Gasteiger partial charge in [0.1, 0.15) is 5.60 Å². The van der Waals surface area contributed by atoms with Crippen molar-refractivity contribution in [3.05, 3.63) is 35.0 Å². The van der Waals surface area contributed by atoms with Gasteiger partial charge in [-0.3, -0.25) is 4.79 Å². The molecule has 0 aliphatic heterocycles. The largest absolute Gasteiger partial charge is 0.384 e. The Morgan fingerprint density at radius 1 is 1.75 bits per heavy atom. The number of amides is 1. The highest BCUT2D eigenvalue weighted by atomic mass is 32.1. The van der Waals surface area contributed by atoms with Crippen LogP contribution in [0.3, 0.4) is 0 Å². The van der Waals surface area contributed by atoms with Gasteiger partial charge in [-0.2, -0.15) is 11.3 Å². The fraction of sp³-hybridized carbons (Fsp3) is 0.417. The SMILES string of the molecule is C=CCCC(=O)NCC(C)(O)c1ccsc1. The van der Waals surface area contributed by atoms with Crippen molar-refractivity contribution in [2.75, 3.05) is 6.54 Å². The van der Waals surface area contributed by atoms with E-state index in [4.69, 9.17) is 0 Å². The quantitative estimate of drug-likeness (QED) is 0.746. The second-order valence-electron chi connectivity index (χ2n) is 3.89. The number of nitrogens with one attached hydrogen (secondary N) is 1. The molecule has 1 unspecified atom stereocenters. The van der Waals surface area contributed by atoms with Gasteiger partial charge in [-0.05, 0) is 35.7 Å². The van der Waals surface area contributed by atoms with Gasteiger partial charge < -0.3 is 10.4 Å². The summed E-state index contributed by atoms with van der Waals surface area (Å²) >= 11 is 1.53. The van der Waals surface area contributed by atoms with Crippen molar-refractivity contribution in [3.8, 4) is 0 Å². The summed E-state index contributed by atoms with van der Waals surface area (Å²) in [5.41, 5.74) is -0.161. The molecule has 1 heterocycles.